The summed E-state index contributed by atoms with van der Waals surface area (Å²) in [5, 5.41) is 2.03. The number of hydrogen-bond acceptors (Lipinski definition) is 3. The van der Waals surface area contributed by atoms with Gasteiger partial charge >= 0.3 is 0 Å². The summed E-state index contributed by atoms with van der Waals surface area (Å²) in [6.07, 6.45) is 3.42. The van der Waals surface area contributed by atoms with Gasteiger partial charge in [0.05, 0.1) is 5.25 Å². The predicted molar refractivity (Wildman–Crippen MR) is 63.8 cm³/mol. The van der Waals surface area contributed by atoms with Crippen LogP contribution >= 0.6 is 34.7 Å². The minimum absolute atomic E-state index is 0.149. The maximum atomic E-state index is 12.0. The topological polar surface area (TPSA) is 17.1 Å². The smallest absolute Gasteiger partial charge is 0.178 e. The highest BCUT2D eigenvalue weighted by molar-refractivity contribution is 8.00. The molecule has 14 heavy (non-hydrogen) atoms. The molecule has 0 spiro atoms. The van der Waals surface area contributed by atoms with Gasteiger partial charge in [-0.05, 0) is 30.0 Å². The van der Waals surface area contributed by atoms with Gasteiger partial charge in [-0.2, -0.15) is 11.8 Å². The molecule has 1 unspecified atom stereocenters. The lowest BCUT2D eigenvalue weighted by Crippen LogP contribution is -2.20. The summed E-state index contributed by atoms with van der Waals surface area (Å²) in [5.41, 5.74) is 0.719. The van der Waals surface area contributed by atoms with E-state index in [9.17, 15) is 4.79 Å². The monoisotopic (exact) mass is 246 g/mol. The van der Waals surface area contributed by atoms with E-state index in [1.807, 2.05) is 11.4 Å². The molecule has 1 aliphatic heterocycles. The number of carbonyl (C=O) groups excluding carboxylic acids is 1. The van der Waals surface area contributed by atoms with E-state index in [2.05, 4.69) is 0 Å². The molecule has 1 aromatic rings. The molecule has 1 aromatic heterocycles. The van der Waals surface area contributed by atoms with E-state index >= 15 is 0 Å². The summed E-state index contributed by atoms with van der Waals surface area (Å²) >= 11 is 9.15. The zero-order chi connectivity index (χ0) is 9.97. The maximum absolute atomic E-state index is 12.0. The molecule has 0 aliphatic carbocycles. The highest BCUT2D eigenvalue weighted by atomic mass is 35.5. The molecular formula is C10H11ClOS2. The van der Waals surface area contributed by atoms with Gasteiger partial charge in [-0.1, -0.05) is 18.0 Å². The van der Waals surface area contributed by atoms with Gasteiger partial charge in [0.15, 0.2) is 5.78 Å². The van der Waals surface area contributed by atoms with Crippen molar-refractivity contribution < 1.29 is 4.79 Å². The highest BCUT2D eigenvalue weighted by Gasteiger charge is 2.24. The SMILES string of the molecule is O=C(c1ccsc1Cl)C1CCCCS1. The minimum Gasteiger partial charge on any atom is -0.293 e. The van der Waals surface area contributed by atoms with Crippen molar-refractivity contribution in [2.45, 2.75) is 24.5 Å². The van der Waals surface area contributed by atoms with Crippen LogP contribution in [-0.2, 0) is 0 Å². The Kier molecular flexibility index (Phi) is 3.52. The van der Waals surface area contributed by atoms with Crippen LogP contribution in [0.5, 0.6) is 0 Å². The van der Waals surface area contributed by atoms with Gasteiger partial charge in [0, 0.05) is 5.56 Å². The molecule has 0 amide bonds. The molecule has 0 radical (unpaired) electrons. The number of rotatable bonds is 2. The summed E-state index contributed by atoms with van der Waals surface area (Å²) in [6.45, 7) is 0. The van der Waals surface area contributed by atoms with Crippen LogP contribution in [0.4, 0.5) is 0 Å². The second-order valence-electron chi connectivity index (χ2n) is 3.33. The lowest BCUT2D eigenvalue weighted by atomic mass is 10.1. The number of thiophene rings is 1. The van der Waals surface area contributed by atoms with Crippen molar-refractivity contribution in [3.63, 3.8) is 0 Å². The second kappa shape index (κ2) is 4.69. The van der Waals surface area contributed by atoms with Crippen molar-refractivity contribution in [1.82, 2.24) is 0 Å². The molecule has 0 saturated carbocycles. The Balaban J connectivity index is 2.11. The number of carbonyl (C=O) groups is 1. The van der Waals surface area contributed by atoms with Gasteiger partial charge in [-0.3, -0.25) is 4.79 Å². The first-order valence-electron chi connectivity index (χ1n) is 4.68. The molecule has 2 rings (SSSR count). The Bertz CT molecular complexity index is 329. The first-order chi connectivity index (χ1) is 6.79. The summed E-state index contributed by atoms with van der Waals surface area (Å²) in [4.78, 5) is 12.0. The third kappa shape index (κ3) is 2.15. The maximum Gasteiger partial charge on any atom is 0.178 e. The third-order valence-corrected chi connectivity index (χ3v) is 4.90. The highest BCUT2D eigenvalue weighted by Crippen LogP contribution is 2.31. The molecule has 4 heteroatoms. The largest absolute Gasteiger partial charge is 0.293 e. The quantitative estimate of drug-likeness (QED) is 0.737. The summed E-state index contributed by atoms with van der Waals surface area (Å²) < 4.78 is 0.640. The van der Waals surface area contributed by atoms with Crippen LogP contribution in [0.2, 0.25) is 4.34 Å². The summed E-state index contributed by atoms with van der Waals surface area (Å²) in [7, 11) is 0. The van der Waals surface area contributed by atoms with Gasteiger partial charge in [0.1, 0.15) is 4.34 Å². The van der Waals surface area contributed by atoms with E-state index in [1.54, 1.807) is 11.8 Å². The number of halogens is 1. The molecule has 0 aromatic carbocycles. The number of hydrogen-bond donors (Lipinski definition) is 0. The van der Waals surface area contributed by atoms with Crippen LogP contribution in [0, 0.1) is 0 Å². The fourth-order valence-corrected chi connectivity index (χ4v) is 3.79. The van der Waals surface area contributed by atoms with Crippen molar-refractivity contribution in [2.75, 3.05) is 5.75 Å². The van der Waals surface area contributed by atoms with E-state index in [-0.39, 0.29) is 11.0 Å². The standard InChI is InChI=1S/C10H11ClOS2/c11-10-7(4-6-14-10)9(12)8-3-1-2-5-13-8/h4,6,8H,1-3,5H2. The molecule has 0 N–H and O–H groups in total. The van der Waals surface area contributed by atoms with Gasteiger partial charge in [0.2, 0.25) is 0 Å². The molecule has 2 heterocycles. The Hall–Kier alpha value is 0.01000. The first-order valence-corrected chi connectivity index (χ1v) is 6.98. The van der Waals surface area contributed by atoms with Crippen molar-refractivity contribution >= 4 is 40.5 Å². The van der Waals surface area contributed by atoms with Crippen molar-refractivity contribution in [2.24, 2.45) is 0 Å². The zero-order valence-electron chi connectivity index (χ0n) is 7.66. The Labute approximate surface area is 96.8 Å². The van der Waals surface area contributed by atoms with Crippen LogP contribution in [0.1, 0.15) is 29.6 Å². The average Bonchev–Trinajstić information content (AvgIpc) is 2.65. The van der Waals surface area contributed by atoms with Gasteiger partial charge in [-0.25, -0.2) is 0 Å². The summed E-state index contributed by atoms with van der Waals surface area (Å²) in [5.74, 6) is 1.33. The Morgan fingerprint density at radius 1 is 1.50 bits per heavy atom. The fourth-order valence-electron chi connectivity index (χ4n) is 1.59. The van der Waals surface area contributed by atoms with Crippen LogP contribution in [0.15, 0.2) is 11.4 Å². The molecule has 1 saturated heterocycles. The van der Waals surface area contributed by atoms with E-state index < -0.39 is 0 Å². The van der Waals surface area contributed by atoms with Gasteiger partial charge < -0.3 is 0 Å². The molecule has 1 fully saturated rings. The van der Waals surface area contributed by atoms with Crippen LogP contribution < -0.4 is 0 Å². The zero-order valence-corrected chi connectivity index (χ0v) is 10.1. The molecule has 0 bridgehead atoms. The molecular weight excluding hydrogens is 236 g/mol. The predicted octanol–water partition coefficient (Wildman–Crippen LogP) is 3.87. The van der Waals surface area contributed by atoms with Gasteiger partial charge in [0.25, 0.3) is 0 Å². The number of Topliss-reactive ketones (excluding diaryl/α,β-unsaturated/α-hetero) is 1. The molecule has 1 atom stereocenters. The average molecular weight is 247 g/mol. The molecule has 1 aliphatic rings. The van der Waals surface area contributed by atoms with Crippen LogP contribution in [0.3, 0.4) is 0 Å². The Morgan fingerprint density at radius 3 is 2.93 bits per heavy atom. The van der Waals surface area contributed by atoms with Crippen molar-refractivity contribution in [1.29, 1.82) is 0 Å². The normalized spacial score (nSPS) is 22.2. The Morgan fingerprint density at radius 2 is 2.36 bits per heavy atom. The number of ketones is 1. The molecule has 1 nitrogen and oxygen atoms in total. The molecule has 76 valence electrons. The number of thioether (sulfide) groups is 1. The minimum atomic E-state index is 0.149. The van der Waals surface area contributed by atoms with Crippen LogP contribution in [-0.4, -0.2) is 16.8 Å². The van der Waals surface area contributed by atoms with E-state index in [1.165, 1.54) is 24.2 Å². The van der Waals surface area contributed by atoms with Crippen molar-refractivity contribution in [3.05, 3.63) is 21.3 Å². The third-order valence-electron chi connectivity index (χ3n) is 2.36. The van der Waals surface area contributed by atoms with Crippen LogP contribution in [0.25, 0.3) is 0 Å². The van der Waals surface area contributed by atoms with E-state index in [4.69, 9.17) is 11.6 Å². The van der Waals surface area contributed by atoms with E-state index in [0.717, 1.165) is 17.7 Å². The lowest BCUT2D eigenvalue weighted by molar-refractivity contribution is 0.0985. The van der Waals surface area contributed by atoms with Crippen molar-refractivity contribution in [3.8, 4) is 0 Å². The lowest BCUT2D eigenvalue weighted by Gasteiger charge is -2.19. The van der Waals surface area contributed by atoms with E-state index in [0.29, 0.717) is 4.34 Å². The van der Waals surface area contributed by atoms with Gasteiger partial charge in [-0.15, -0.1) is 11.3 Å². The first kappa shape index (κ1) is 10.5. The summed E-state index contributed by atoms with van der Waals surface area (Å²) in [6, 6.07) is 1.84. The second-order valence-corrected chi connectivity index (χ2v) is 6.16. The fraction of sp³-hybridized carbons (Fsp3) is 0.500.